The molecule has 1 N–H and O–H groups in total. The van der Waals surface area contributed by atoms with Gasteiger partial charge in [0.05, 0.1) is 0 Å². The molecule has 1 aromatic carbocycles. The van der Waals surface area contributed by atoms with E-state index in [4.69, 9.17) is 0 Å². The summed E-state index contributed by atoms with van der Waals surface area (Å²) in [6.07, 6.45) is 6.41. The monoisotopic (exact) mass is 314 g/mol. The van der Waals surface area contributed by atoms with Crippen LogP contribution in [0.4, 0.5) is 0 Å². The summed E-state index contributed by atoms with van der Waals surface area (Å²) < 4.78 is 0. The normalized spacial score (nSPS) is 25.1. The van der Waals surface area contributed by atoms with Gasteiger partial charge in [0, 0.05) is 19.0 Å². The SMILES string of the molecule is CC1(C(=O)NC2CCCC2)CCC(=O)N1CCc1ccccc1. The van der Waals surface area contributed by atoms with E-state index in [1.54, 1.807) is 4.90 Å². The van der Waals surface area contributed by atoms with Crippen LogP contribution in [0.2, 0.25) is 0 Å². The second-order valence-electron chi connectivity index (χ2n) is 7.01. The van der Waals surface area contributed by atoms with Crippen molar-refractivity contribution in [3.63, 3.8) is 0 Å². The highest BCUT2D eigenvalue weighted by Crippen LogP contribution is 2.31. The first-order valence-corrected chi connectivity index (χ1v) is 8.75. The first-order valence-electron chi connectivity index (χ1n) is 8.75. The van der Waals surface area contributed by atoms with Crippen LogP contribution in [0, 0.1) is 0 Å². The Morgan fingerprint density at radius 1 is 1.26 bits per heavy atom. The van der Waals surface area contributed by atoms with Crippen LogP contribution in [-0.4, -0.2) is 34.8 Å². The van der Waals surface area contributed by atoms with Crippen LogP contribution in [0.5, 0.6) is 0 Å². The summed E-state index contributed by atoms with van der Waals surface area (Å²) in [6, 6.07) is 10.4. The summed E-state index contributed by atoms with van der Waals surface area (Å²) in [7, 11) is 0. The molecule has 4 heteroatoms. The highest BCUT2D eigenvalue weighted by Gasteiger charge is 2.47. The molecule has 4 nitrogen and oxygen atoms in total. The number of hydrogen-bond donors (Lipinski definition) is 1. The van der Waals surface area contributed by atoms with Gasteiger partial charge in [-0.25, -0.2) is 0 Å². The van der Waals surface area contributed by atoms with Crippen molar-refractivity contribution in [1.29, 1.82) is 0 Å². The van der Waals surface area contributed by atoms with Crippen molar-refractivity contribution in [2.45, 2.75) is 63.5 Å². The lowest BCUT2D eigenvalue weighted by Crippen LogP contribution is -2.56. The Labute approximate surface area is 138 Å². The zero-order chi connectivity index (χ0) is 16.3. The fourth-order valence-electron chi connectivity index (χ4n) is 3.80. The molecule has 3 rings (SSSR count). The molecule has 1 saturated heterocycles. The molecule has 1 heterocycles. The molecule has 0 radical (unpaired) electrons. The van der Waals surface area contributed by atoms with Crippen molar-refractivity contribution in [2.24, 2.45) is 0 Å². The minimum atomic E-state index is -0.686. The molecule has 0 spiro atoms. The summed E-state index contributed by atoms with van der Waals surface area (Å²) >= 11 is 0. The minimum absolute atomic E-state index is 0.0308. The number of carbonyl (C=O) groups excluding carboxylic acids is 2. The fraction of sp³-hybridized carbons (Fsp3) is 0.579. The lowest BCUT2D eigenvalue weighted by molar-refractivity contribution is -0.140. The zero-order valence-electron chi connectivity index (χ0n) is 13.9. The maximum absolute atomic E-state index is 12.8. The van der Waals surface area contributed by atoms with Crippen LogP contribution in [0.15, 0.2) is 30.3 Å². The molecule has 1 atom stereocenters. The molecule has 0 aromatic heterocycles. The fourth-order valence-corrected chi connectivity index (χ4v) is 3.80. The Kier molecular flexibility index (Phi) is 4.69. The molecule has 1 unspecified atom stereocenters. The Balaban J connectivity index is 1.66. The molecule has 124 valence electrons. The molecule has 2 aliphatic rings. The van der Waals surface area contributed by atoms with Crippen LogP contribution >= 0.6 is 0 Å². The topological polar surface area (TPSA) is 49.4 Å². The van der Waals surface area contributed by atoms with Crippen molar-refractivity contribution < 1.29 is 9.59 Å². The van der Waals surface area contributed by atoms with Gasteiger partial charge in [-0.05, 0) is 38.2 Å². The lowest BCUT2D eigenvalue weighted by Gasteiger charge is -2.35. The smallest absolute Gasteiger partial charge is 0.245 e. The molecule has 1 saturated carbocycles. The maximum Gasteiger partial charge on any atom is 0.245 e. The second-order valence-corrected chi connectivity index (χ2v) is 7.01. The van der Waals surface area contributed by atoms with Gasteiger partial charge >= 0.3 is 0 Å². The van der Waals surface area contributed by atoms with E-state index in [-0.39, 0.29) is 11.8 Å². The van der Waals surface area contributed by atoms with E-state index < -0.39 is 5.54 Å². The third kappa shape index (κ3) is 3.41. The van der Waals surface area contributed by atoms with Gasteiger partial charge in [0.1, 0.15) is 5.54 Å². The van der Waals surface area contributed by atoms with Crippen molar-refractivity contribution >= 4 is 11.8 Å². The summed E-state index contributed by atoms with van der Waals surface area (Å²) in [6.45, 7) is 2.53. The summed E-state index contributed by atoms with van der Waals surface area (Å²) in [5, 5.41) is 3.18. The van der Waals surface area contributed by atoms with E-state index in [2.05, 4.69) is 17.4 Å². The number of likely N-dealkylation sites (tertiary alicyclic amines) is 1. The van der Waals surface area contributed by atoms with Gasteiger partial charge in [0.15, 0.2) is 0 Å². The number of carbonyl (C=O) groups is 2. The average Bonchev–Trinajstić information content (AvgIpc) is 3.16. The summed E-state index contributed by atoms with van der Waals surface area (Å²) in [4.78, 5) is 26.9. The largest absolute Gasteiger partial charge is 0.351 e. The quantitative estimate of drug-likeness (QED) is 0.908. The number of hydrogen-bond acceptors (Lipinski definition) is 2. The van der Waals surface area contributed by atoms with Crippen LogP contribution in [0.3, 0.4) is 0 Å². The van der Waals surface area contributed by atoms with E-state index in [1.165, 1.54) is 18.4 Å². The third-order valence-electron chi connectivity index (χ3n) is 5.37. The standard InChI is InChI=1S/C19H26N2O2/c1-19(18(23)20-16-9-5-6-10-16)13-11-17(22)21(19)14-12-15-7-3-2-4-8-15/h2-4,7-8,16H,5-6,9-14H2,1H3,(H,20,23). The highest BCUT2D eigenvalue weighted by molar-refractivity contribution is 5.94. The Bertz CT molecular complexity index is 566. The van der Waals surface area contributed by atoms with Crippen molar-refractivity contribution in [2.75, 3.05) is 6.54 Å². The molecule has 2 amide bonds. The predicted molar refractivity (Wildman–Crippen MR) is 89.9 cm³/mol. The lowest BCUT2D eigenvalue weighted by atomic mass is 9.96. The third-order valence-corrected chi connectivity index (χ3v) is 5.37. The number of benzene rings is 1. The number of rotatable bonds is 5. The van der Waals surface area contributed by atoms with Crippen molar-refractivity contribution in [3.05, 3.63) is 35.9 Å². The minimum Gasteiger partial charge on any atom is -0.351 e. The van der Waals surface area contributed by atoms with Gasteiger partial charge in [-0.15, -0.1) is 0 Å². The predicted octanol–water partition coefficient (Wildman–Crippen LogP) is 2.67. The van der Waals surface area contributed by atoms with Gasteiger partial charge in [-0.1, -0.05) is 43.2 Å². The van der Waals surface area contributed by atoms with Gasteiger partial charge in [0.2, 0.25) is 11.8 Å². The Hall–Kier alpha value is -1.84. The first-order chi connectivity index (χ1) is 11.1. The Morgan fingerprint density at radius 3 is 2.65 bits per heavy atom. The molecular formula is C19H26N2O2. The van der Waals surface area contributed by atoms with E-state index in [1.807, 2.05) is 25.1 Å². The second kappa shape index (κ2) is 6.73. The zero-order valence-corrected chi connectivity index (χ0v) is 13.9. The molecule has 0 bridgehead atoms. The van der Waals surface area contributed by atoms with Gasteiger partial charge in [-0.2, -0.15) is 0 Å². The first kappa shape index (κ1) is 16.0. The van der Waals surface area contributed by atoms with E-state index in [0.29, 0.717) is 25.4 Å². The number of nitrogens with zero attached hydrogens (tertiary/aromatic N) is 1. The summed E-state index contributed by atoms with van der Waals surface area (Å²) in [5.74, 6) is 0.133. The van der Waals surface area contributed by atoms with Crippen LogP contribution in [-0.2, 0) is 16.0 Å². The number of nitrogens with one attached hydrogen (secondary N) is 1. The van der Waals surface area contributed by atoms with E-state index >= 15 is 0 Å². The average molecular weight is 314 g/mol. The molecule has 2 fully saturated rings. The van der Waals surface area contributed by atoms with Gasteiger partial charge < -0.3 is 10.2 Å². The van der Waals surface area contributed by atoms with Crippen LogP contribution < -0.4 is 5.32 Å². The van der Waals surface area contributed by atoms with E-state index in [0.717, 1.165) is 19.3 Å². The molecule has 1 aliphatic heterocycles. The molecule has 1 aliphatic carbocycles. The molecule has 23 heavy (non-hydrogen) atoms. The van der Waals surface area contributed by atoms with Crippen LogP contribution in [0.1, 0.15) is 51.0 Å². The maximum atomic E-state index is 12.8. The number of amides is 2. The van der Waals surface area contributed by atoms with Crippen molar-refractivity contribution in [3.8, 4) is 0 Å². The van der Waals surface area contributed by atoms with Gasteiger partial charge in [0.25, 0.3) is 0 Å². The Morgan fingerprint density at radius 2 is 1.96 bits per heavy atom. The molecule has 1 aromatic rings. The summed E-state index contributed by atoms with van der Waals surface area (Å²) in [5.41, 5.74) is 0.514. The highest BCUT2D eigenvalue weighted by atomic mass is 16.2. The van der Waals surface area contributed by atoms with E-state index in [9.17, 15) is 9.59 Å². The van der Waals surface area contributed by atoms with Gasteiger partial charge in [-0.3, -0.25) is 9.59 Å². The van der Waals surface area contributed by atoms with Crippen LogP contribution in [0.25, 0.3) is 0 Å². The van der Waals surface area contributed by atoms with Crippen molar-refractivity contribution in [1.82, 2.24) is 10.2 Å². The molecular weight excluding hydrogens is 288 g/mol.